The largest absolute Gasteiger partial charge is 0.508 e. The zero-order chi connectivity index (χ0) is 11.4. The van der Waals surface area contributed by atoms with Gasteiger partial charge < -0.3 is 15.2 Å². The number of piperidine rings is 1. The van der Waals surface area contributed by atoms with Crippen LogP contribution >= 0.6 is 0 Å². The Hall–Kier alpha value is -1.22. The van der Waals surface area contributed by atoms with Crippen LogP contribution in [0.25, 0.3) is 0 Å². The lowest BCUT2D eigenvalue weighted by Crippen LogP contribution is -2.35. The maximum atomic E-state index is 9.38. The van der Waals surface area contributed by atoms with E-state index < -0.39 is 0 Å². The zero-order valence-corrected chi connectivity index (χ0v) is 9.70. The van der Waals surface area contributed by atoms with Gasteiger partial charge in [-0.25, -0.2) is 0 Å². The third-order valence-electron chi connectivity index (χ3n) is 3.15. The first-order chi connectivity index (χ1) is 7.79. The van der Waals surface area contributed by atoms with Crippen LogP contribution in [0, 0.1) is 0 Å². The lowest BCUT2D eigenvalue weighted by atomic mass is 9.97. The van der Waals surface area contributed by atoms with Crippen molar-refractivity contribution in [2.75, 3.05) is 13.7 Å². The number of phenolic OH excluding ortho intramolecular Hbond substituents is 1. The molecule has 3 nitrogen and oxygen atoms in total. The van der Waals surface area contributed by atoms with Gasteiger partial charge in [-0.15, -0.1) is 0 Å². The molecule has 0 spiro atoms. The number of nitrogens with one attached hydrogen (secondary N) is 1. The molecule has 3 heteroatoms. The predicted molar refractivity (Wildman–Crippen MR) is 64.0 cm³/mol. The molecule has 1 heterocycles. The van der Waals surface area contributed by atoms with Gasteiger partial charge in [-0.3, -0.25) is 0 Å². The Kier molecular flexibility index (Phi) is 3.67. The Balaban J connectivity index is 2.07. The van der Waals surface area contributed by atoms with Crippen LogP contribution in [0.15, 0.2) is 18.2 Å². The smallest absolute Gasteiger partial charge is 0.125 e. The molecule has 2 N–H and O–H groups in total. The molecule has 1 atom stereocenters. The van der Waals surface area contributed by atoms with Crippen molar-refractivity contribution in [1.29, 1.82) is 0 Å². The summed E-state index contributed by atoms with van der Waals surface area (Å²) in [5.41, 5.74) is 1.17. The molecule has 0 aromatic heterocycles. The van der Waals surface area contributed by atoms with E-state index in [9.17, 15) is 5.11 Å². The molecule has 0 radical (unpaired) electrons. The number of hydrogen-bond acceptors (Lipinski definition) is 3. The van der Waals surface area contributed by atoms with Crippen molar-refractivity contribution in [3.8, 4) is 11.5 Å². The van der Waals surface area contributed by atoms with Crippen LogP contribution in [0.4, 0.5) is 0 Å². The molecule has 1 aliphatic rings. The van der Waals surface area contributed by atoms with Gasteiger partial charge in [-0.05, 0) is 37.4 Å². The fourth-order valence-corrected chi connectivity index (χ4v) is 2.27. The molecular weight excluding hydrogens is 202 g/mol. The molecule has 0 saturated carbocycles. The molecule has 2 rings (SSSR count). The first-order valence-electron chi connectivity index (χ1n) is 5.89. The SMILES string of the molecule is COc1cc(O)ccc1CC1CCCCN1. The number of methoxy groups -OCH3 is 1. The fraction of sp³-hybridized carbons (Fsp3) is 0.538. The zero-order valence-electron chi connectivity index (χ0n) is 9.70. The minimum absolute atomic E-state index is 0.261. The normalized spacial score (nSPS) is 20.7. The summed E-state index contributed by atoms with van der Waals surface area (Å²) in [5.74, 6) is 1.05. The molecule has 0 aliphatic carbocycles. The molecule has 1 fully saturated rings. The molecule has 0 bridgehead atoms. The molecule has 16 heavy (non-hydrogen) atoms. The highest BCUT2D eigenvalue weighted by Gasteiger charge is 2.15. The maximum Gasteiger partial charge on any atom is 0.125 e. The van der Waals surface area contributed by atoms with Crippen molar-refractivity contribution < 1.29 is 9.84 Å². The van der Waals surface area contributed by atoms with E-state index in [2.05, 4.69) is 5.32 Å². The van der Waals surface area contributed by atoms with Crippen LogP contribution in [0.2, 0.25) is 0 Å². The monoisotopic (exact) mass is 221 g/mol. The Labute approximate surface area is 96.4 Å². The summed E-state index contributed by atoms with van der Waals surface area (Å²) < 4.78 is 5.28. The lowest BCUT2D eigenvalue weighted by Gasteiger charge is -2.24. The molecule has 88 valence electrons. The molecule has 1 aromatic rings. The topological polar surface area (TPSA) is 41.5 Å². The second-order valence-electron chi connectivity index (χ2n) is 4.35. The standard InChI is InChI=1S/C13H19NO2/c1-16-13-9-12(15)6-5-10(13)8-11-4-2-3-7-14-11/h5-6,9,11,14-15H,2-4,7-8H2,1H3. The van der Waals surface area contributed by atoms with Crippen molar-refractivity contribution in [3.05, 3.63) is 23.8 Å². The maximum absolute atomic E-state index is 9.38. The number of hydrogen-bond donors (Lipinski definition) is 2. The van der Waals surface area contributed by atoms with Crippen LogP contribution in [-0.2, 0) is 6.42 Å². The molecule has 1 aliphatic heterocycles. The molecule has 1 aromatic carbocycles. The third-order valence-corrected chi connectivity index (χ3v) is 3.15. The summed E-state index contributed by atoms with van der Waals surface area (Å²) in [7, 11) is 1.65. The minimum Gasteiger partial charge on any atom is -0.508 e. The number of aromatic hydroxyl groups is 1. The highest BCUT2D eigenvalue weighted by atomic mass is 16.5. The van der Waals surface area contributed by atoms with Gasteiger partial charge in [0.2, 0.25) is 0 Å². The second kappa shape index (κ2) is 5.21. The lowest BCUT2D eigenvalue weighted by molar-refractivity contribution is 0.379. The van der Waals surface area contributed by atoms with E-state index in [1.54, 1.807) is 19.2 Å². The van der Waals surface area contributed by atoms with Gasteiger partial charge in [0, 0.05) is 12.1 Å². The van der Waals surface area contributed by atoms with E-state index in [-0.39, 0.29) is 5.75 Å². The van der Waals surface area contributed by atoms with Crippen LogP contribution in [0.3, 0.4) is 0 Å². The Bertz CT molecular complexity index is 346. The van der Waals surface area contributed by atoms with Gasteiger partial charge in [0.15, 0.2) is 0 Å². The van der Waals surface area contributed by atoms with Gasteiger partial charge in [0.25, 0.3) is 0 Å². The van der Waals surface area contributed by atoms with E-state index in [0.29, 0.717) is 6.04 Å². The van der Waals surface area contributed by atoms with Crippen molar-refractivity contribution in [2.24, 2.45) is 0 Å². The third kappa shape index (κ3) is 2.67. The van der Waals surface area contributed by atoms with Gasteiger partial charge in [0.1, 0.15) is 11.5 Å². The first-order valence-corrected chi connectivity index (χ1v) is 5.89. The van der Waals surface area contributed by atoms with Crippen molar-refractivity contribution >= 4 is 0 Å². The summed E-state index contributed by atoms with van der Waals surface area (Å²) >= 11 is 0. The van der Waals surface area contributed by atoms with Crippen LogP contribution in [0.5, 0.6) is 11.5 Å². The first kappa shape index (κ1) is 11.3. The Morgan fingerprint density at radius 3 is 3.00 bits per heavy atom. The van der Waals surface area contributed by atoms with Gasteiger partial charge >= 0.3 is 0 Å². The van der Waals surface area contributed by atoms with E-state index in [1.807, 2.05) is 6.07 Å². The summed E-state index contributed by atoms with van der Waals surface area (Å²) in [5, 5.41) is 12.9. The van der Waals surface area contributed by atoms with E-state index in [4.69, 9.17) is 4.74 Å². The van der Waals surface area contributed by atoms with Crippen molar-refractivity contribution in [1.82, 2.24) is 5.32 Å². The quantitative estimate of drug-likeness (QED) is 0.821. The van der Waals surface area contributed by atoms with E-state index in [0.717, 1.165) is 18.7 Å². The number of benzene rings is 1. The van der Waals surface area contributed by atoms with E-state index in [1.165, 1.54) is 24.8 Å². The highest BCUT2D eigenvalue weighted by molar-refractivity contribution is 5.40. The average Bonchev–Trinajstić information content (AvgIpc) is 2.33. The molecule has 0 amide bonds. The number of ether oxygens (including phenoxy) is 1. The summed E-state index contributed by atoms with van der Waals surface area (Å²) in [6.45, 7) is 1.12. The number of rotatable bonds is 3. The second-order valence-corrected chi connectivity index (χ2v) is 4.35. The van der Waals surface area contributed by atoms with Crippen molar-refractivity contribution in [2.45, 2.75) is 31.7 Å². The minimum atomic E-state index is 0.261. The van der Waals surface area contributed by atoms with Gasteiger partial charge in [-0.1, -0.05) is 12.5 Å². The van der Waals surface area contributed by atoms with E-state index >= 15 is 0 Å². The predicted octanol–water partition coefficient (Wildman–Crippen LogP) is 2.09. The van der Waals surface area contributed by atoms with Crippen LogP contribution in [0.1, 0.15) is 24.8 Å². The summed E-state index contributed by atoms with van der Waals surface area (Å²) in [6, 6.07) is 5.90. The molecular formula is C13H19NO2. The summed E-state index contributed by atoms with van der Waals surface area (Å²) in [4.78, 5) is 0. The fourth-order valence-electron chi connectivity index (χ4n) is 2.27. The Morgan fingerprint density at radius 2 is 2.31 bits per heavy atom. The Morgan fingerprint density at radius 1 is 1.44 bits per heavy atom. The average molecular weight is 221 g/mol. The molecule has 1 unspecified atom stereocenters. The molecule has 1 saturated heterocycles. The van der Waals surface area contributed by atoms with Crippen molar-refractivity contribution in [3.63, 3.8) is 0 Å². The highest BCUT2D eigenvalue weighted by Crippen LogP contribution is 2.26. The van der Waals surface area contributed by atoms with Gasteiger partial charge in [-0.2, -0.15) is 0 Å². The van der Waals surface area contributed by atoms with Crippen LogP contribution in [-0.4, -0.2) is 24.8 Å². The summed E-state index contributed by atoms with van der Waals surface area (Å²) in [6.07, 6.45) is 4.79. The van der Waals surface area contributed by atoms with Crippen LogP contribution < -0.4 is 10.1 Å². The van der Waals surface area contributed by atoms with Gasteiger partial charge in [0.05, 0.1) is 7.11 Å². The number of phenols is 1.